The minimum atomic E-state index is -1.40. The number of carboxylic acids is 1. The molecule has 1 heterocycles. The van der Waals surface area contributed by atoms with Crippen molar-refractivity contribution < 1.29 is 14.3 Å². The second-order valence-electron chi connectivity index (χ2n) is 3.07. The number of aryl methyl sites for hydroxylation is 1. The van der Waals surface area contributed by atoms with Crippen molar-refractivity contribution in [3.8, 4) is 0 Å². The lowest BCUT2D eigenvalue weighted by Crippen LogP contribution is -2.26. The monoisotopic (exact) mass is 207 g/mol. The number of hydrogen-bond acceptors (Lipinski definition) is 3. The highest BCUT2D eigenvalue weighted by molar-refractivity contribution is 5.88. The number of imidazole rings is 1. The minimum Gasteiger partial charge on any atom is -0.542 e. The van der Waals surface area contributed by atoms with Gasteiger partial charge in [-0.3, -0.25) is 0 Å². The second kappa shape index (κ2) is 3.34. The minimum absolute atomic E-state index is 0.208. The van der Waals surface area contributed by atoms with Gasteiger partial charge in [0.1, 0.15) is 17.3 Å². The summed E-state index contributed by atoms with van der Waals surface area (Å²) in [7, 11) is 0. The van der Waals surface area contributed by atoms with E-state index in [-0.39, 0.29) is 11.3 Å². The maximum absolute atomic E-state index is 13.4. The van der Waals surface area contributed by atoms with Crippen LogP contribution in [0.4, 0.5) is 4.39 Å². The fourth-order valence-corrected chi connectivity index (χ4v) is 1.61. The number of carbonyl (C=O) groups excluding carboxylic acids is 1. The number of carbonyl (C=O) groups is 1. The summed E-state index contributed by atoms with van der Waals surface area (Å²) in [5.74, 6) is -2.11. The van der Waals surface area contributed by atoms with Crippen molar-refractivity contribution in [2.75, 3.05) is 0 Å². The zero-order valence-electron chi connectivity index (χ0n) is 8.03. The van der Waals surface area contributed by atoms with Crippen LogP contribution in [0, 0.1) is 5.82 Å². The van der Waals surface area contributed by atoms with Gasteiger partial charge in [0.05, 0.1) is 5.52 Å². The van der Waals surface area contributed by atoms with E-state index in [1.807, 2.05) is 0 Å². The Hall–Kier alpha value is -1.91. The van der Waals surface area contributed by atoms with E-state index in [9.17, 15) is 14.3 Å². The van der Waals surface area contributed by atoms with Crippen molar-refractivity contribution in [3.05, 3.63) is 29.8 Å². The Balaban J connectivity index is 2.86. The number of para-hydroxylation sites is 1. The van der Waals surface area contributed by atoms with Crippen molar-refractivity contribution in [2.24, 2.45) is 0 Å². The molecule has 0 aliphatic rings. The molecule has 2 rings (SSSR count). The average molecular weight is 207 g/mol. The molecule has 1 aromatic carbocycles. The van der Waals surface area contributed by atoms with Crippen molar-refractivity contribution >= 4 is 17.0 Å². The first-order valence-corrected chi connectivity index (χ1v) is 4.51. The molecule has 78 valence electrons. The molecule has 0 fully saturated rings. The second-order valence-corrected chi connectivity index (χ2v) is 3.07. The van der Waals surface area contributed by atoms with Crippen molar-refractivity contribution in [1.29, 1.82) is 0 Å². The Labute approximate surface area is 85.0 Å². The topological polar surface area (TPSA) is 58.0 Å². The van der Waals surface area contributed by atoms with Crippen LogP contribution >= 0.6 is 0 Å². The quantitative estimate of drug-likeness (QED) is 0.722. The van der Waals surface area contributed by atoms with E-state index in [0.717, 1.165) is 0 Å². The molecular formula is C10H8FN2O2-. The lowest BCUT2D eigenvalue weighted by atomic mass is 10.3. The van der Waals surface area contributed by atoms with Gasteiger partial charge in [-0.15, -0.1) is 0 Å². The summed E-state index contributed by atoms with van der Waals surface area (Å²) in [5, 5.41) is 10.7. The summed E-state index contributed by atoms with van der Waals surface area (Å²) in [5.41, 5.74) is 0.537. The Morgan fingerprint density at radius 3 is 2.93 bits per heavy atom. The first-order valence-electron chi connectivity index (χ1n) is 4.51. The third kappa shape index (κ3) is 1.36. The van der Waals surface area contributed by atoms with E-state index in [4.69, 9.17) is 0 Å². The average Bonchev–Trinajstić information content (AvgIpc) is 2.57. The summed E-state index contributed by atoms with van der Waals surface area (Å²) in [4.78, 5) is 14.5. The van der Waals surface area contributed by atoms with E-state index >= 15 is 0 Å². The number of fused-ring (bicyclic) bond motifs is 1. The zero-order chi connectivity index (χ0) is 11.0. The largest absolute Gasteiger partial charge is 0.542 e. The lowest BCUT2D eigenvalue weighted by molar-refractivity contribution is -0.256. The molecular weight excluding hydrogens is 199 g/mol. The number of rotatable bonds is 2. The molecule has 0 aliphatic carbocycles. The van der Waals surface area contributed by atoms with Gasteiger partial charge in [-0.1, -0.05) is 6.07 Å². The molecule has 0 saturated carbocycles. The van der Waals surface area contributed by atoms with E-state index in [1.54, 1.807) is 13.0 Å². The van der Waals surface area contributed by atoms with Crippen molar-refractivity contribution in [2.45, 2.75) is 13.5 Å². The number of benzene rings is 1. The maximum Gasteiger partial charge on any atom is 0.156 e. The van der Waals surface area contributed by atoms with Crippen LogP contribution in [0.3, 0.4) is 0 Å². The van der Waals surface area contributed by atoms with Gasteiger partial charge in [0.2, 0.25) is 0 Å². The zero-order valence-corrected chi connectivity index (χ0v) is 8.03. The van der Waals surface area contributed by atoms with Gasteiger partial charge < -0.3 is 14.5 Å². The molecule has 0 amide bonds. The molecule has 0 atom stereocenters. The van der Waals surface area contributed by atoms with Crippen LogP contribution in [-0.2, 0) is 6.54 Å². The first-order chi connectivity index (χ1) is 7.15. The molecule has 0 aliphatic heterocycles. The van der Waals surface area contributed by atoms with Crippen LogP contribution in [0.2, 0.25) is 0 Å². The van der Waals surface area contributed by atoms with Gasteiger partial charge in [0.25, 0.3) is 0 Å². The molecule has 5 heteroatoms. The van der Waals surface area contributed by atoms with E-state index in [1.165, 1.54) is 16.7 Å². The predicted molar refractivity (Wildman–Crippen MR) is 49.7 cm³/mol. The molecule has 4 nitrogen and oxygen atoms in total. The molecule has 0 N–H and O–H groups in total. The van der Waals surface area contributed by atoms with Crippen LogP contribution in [0.1, 0.15) is 17.5 Å². The van der Waals surface area contributed by atoms with E-state index < -0.39 is 11.8 Å². The molecule has 0 radical (unpaired) electrons. The van der Waals surface area contributed by atoms with Crippen LogP contribution in [0.15, 0.2) is 18.2 Å². The third-order valence-corrected chi connectivity index (χ3v) is 2.22. The first kappa shape index (κ1) is 9.64. The van der Waals surface area contributed by atoms with Crippen molar-refractivity contribution in [1.82, 2.24) is 9.55 Å². The molecule has 2 aromatic rings. The number of aromatic carboxylic acids is 1. The predicted octanol–water partition coefficient (Wildman–Crippen LogP) is 0.559. The van der Waals surface area contributed by atoms with Crippen LogP contribution in [0.25, 0.3) is 11.0 Å². The summed E-state index contributed by atoms with van der Waals surface area (Å²) >= 11 is 0. The lowest BCUT2D eigenvalue weighted by Gasteiger charge is -2.05. The van der Waals surface area contributed by atoms with Crippen LogP contribution in [-0.4, -0.2) is 15.5 Å². The van der Waals surface area contributed by atoms with E-state index in [2.05, 4.69) is 4.98 Å². The SMILES string of the molecule is CCn1c(C(=O)[O-])nc2cccc(F)c21. The summed E-state index contributed by atoms with van der Waals surface area (Å²) < 4.78 is 14.7. The fourth-order valence-electron chi connectivity index (χ4n) is 1.61. The van der Waals surface area contributed by atoms with Gasteiger partial charge in [0.15, 0.2) is 5.82 Å². The molecule has 0 unspecified atom stereocenters. The third-order valence-electron chi connectivity index (χ3n) is 2.22. The number of carboxylic acid groups (broad SMARTS) is 1. The Morgan fingerprint density at radius 1 is 1.60 bits per heavy atom. The summed E-state index contributed by atoms with van der Waals surface area (Å²) in [6.45, 7) is 2.06. The Bertz CT molecular complexity index is 533. The molecule has 1 aromatic heterocycles. The maximum atomic E-state index is 13.4. The molecule has 0 spiro atoms. The standard InChI is InChI=1S/C10H9FN2O2/c1-2-13-8-6(11)4-3-5-7(8)12-9(13)10(14)15/h3-5H,2H2,1H3,(H,14,15)/p-1. The van der Waals surface area contributed by atoms with E-state index in [0.29, 0.717) is 12.1 Å². The van der Waals surface area contributed by atoms with Crippen LogP contribution in [0.5, 0.6) is 0 Å². The highest BCUT2D eigenvalue weighted by Gasteiger charge is 2.13. The number of aromatic nitrogens is 2. The van der Waals surface area contributed by atoms with Gasteiger partial charge >= 0.3 is 0 Å². The summed E-state index contributed by atoms with van der Waals surface area (Å²) in [6.07, 6.45) is 0. The number of halogens is 1. The van der Waals surface area contributed by atoms with Crippen LogP contribution < -0.4 is 5.11 Å². The normalized spacial score (nSPS) is 10.8. The Kier molecular flexibility index (Phi) is 2.15. The van der Waals surface area contributed by atoms with Gasteiger partial charge in [-0.2, -0.15) is 0 Å². The number of nitrogens with zero attached hydrogens (tertiary/aromatic N) is 2. The van der Waals surface area contributed by atoms with Crippen molar-refractivity contribution in [3.63, 3.8) is 0 Å². The molecule has 0 saturated heterocycles. The molecule has 0 bridgehead atoms. The Morgan fingerprint density at radius 2 is 2.33 bits per heavy atom. The van der Waals surface area contributed by atoms with Gasteiger partial charge in [-0.25, -0.2) is 9.37 Å². The van der Waals surface area contributed by atoms with Gasteiger partial charge in [-0.05, 0) is 19.1 Å². The smallest absolute Gasteiger partial charge is 0.156 e. The number of hydrogen-bond donors (Lipinski definition) is 0. The van der Waals surface area contributed by atoms with Gasteiger partial charge in [0, 0.05) is 6.54 Å². The fraction of sp³-hybridized carbons (Fsp3) is 0.200. The highest BCUT2D eigenvalue weighted by Crippen LogP contribution is 2.18. The highest BCUT2D eigenvalue weighted by atomic mass is 19.1. The molecule has 15 heavy (non-hydrogen) atoms. The summed E-state index contributed by atoms with van der Waals surface area (Å²) in [6, 6.07) is 4.33.